The molecule has 178 valence electrons. The third kappa shape index (κ3) is 6.45. The monoisotopic (exact) mass is 606 g/mol. The molecule has 10 heteroatoms. The Kier molecular flexibility index (Phi) is 7.81. The van der Waals surface area contributed by atoms with E-state index in [0.29, 0.717) is 17.0 Å². The standard InChI is InChI=1S/C25H17F2IN2O4S/c26-17-4-1-15(2-5-17)14-34-21-10-3-16(11-20(21)28)12-22-24(32)30(25(33)35-22)13-23(31)29-19-8-6-18(27)7-9-19/h1-12H,13-14H2,(H,29,31)/b22-12-. The van der Waals surface area contributed by atoms with Crippen molar-refractivity contribution in [1.29, 1.82) is 0 Å². The van der Waals surface area contributed by atoms with Gasteiger partial charge in [0.05, 0.1) is 8.48 Å². The molecular formula is C25H17F2IN2O4S. The van der Waals surface area contributed by atoms with Crippen LogP contribution in [0.3, 0.4) is 0 Å². The quantitative estimate of drug-likeness (QED) is 0.271. The Morgan fingerprint density at radius 1 is 1.00 bits per heavy atom. The van der Waals surface area contributed by atoms with Crippen molar-refractivity contribution in [3.8, 4) is 5.75 Å². The van der Waals surface area contributed by atoms with Crippen LogP contribution in [0.15, 0.2) is 71.6 Å². The molecule has 1 fully saturated rings. The van der Waals surface area contributed by atoms with Crippen molar-refractivity contribution in [2.75, 3.05) is 11.9 Å². The molecular weight excluding hydrogens is 589 g/mol. The first-order valence-corrected chi connectivity index (χ1v) is 12.2. The van der Waals surface area contributed by atoms with Gasteiger partial charge in [-0.05, 0) is 100 Å². The fourth-order valence-corrected chi connectivity index (χ4v) is 4.66. The summed E-state index contributed by atoms with van der Waals surface area (Å²) in [5.41, 5.74) is 1.86. The summed E-state index contributed by atoms with van der Waals surface area (Å²) in [5, 5.41) is 1.98. The topological polar surface area (TPSA) is 75.7 Å². The second-order valence-electron chi connectivity index (χ2n) is 7.43. The summed E-state index contributed by atoms with van der Waals surface area (Å²) in [6.07, 6.45) is 1.58. The molecule has 6 nitrogen and oxygen atoms in total. The summed E-state index contributed by atoms with van der Waals surface area (Å²) in [6, 6.07) is 16.5. The van der Waals surface area contributed by atoms with E-state index in [4.69, 9.17) is 4.74 Å². The van der Waals surface area contributed by atoms with Crippen LogP contribution >= 0.6 is 34.4 Å². The number of thioether (sulfide) groups is 1. The Balaban J connectivity index is 1.39. The number of anilines is 1. The van der Waals surface area contributed by atoms with E-state index in [1.54, 1.807) is 36.4 Å². The number of halogens is 3. The van der Waals surface area contributed by atoms with Gasteiger partial charge in [-0.3, -0.25) is 19.3 Å². The van der Waals surface area contributed by atoms with Gasteiger partial charge in [0, 0.05) is 5.69 Å². The Morgan fingerprint density at radius 3 is 2.31 bits per heavy atom. The lowest BCUT2D eigenvalue weighted by Crippen LogP contribution is -2.36. The number of hydrogen-bond donors (Lipinski definition) is 1. The van der Waals surface area contributed by atoms with Gasteiger partial charge in [0.25, 0.3) is 11.1 Å². The van der Waals surface area contributed by atoms with E-state index in [9.17, 15) is 23.2 Å². The van der Waals surface area contributed by atoms with E-state index in [1.165, 1.54) is 36.4 Å². The molecule has 0 bridgehead atoms. The van der Waals surface area contributed by atoms with Crippen LogP contribution in [0.4, 0.5) is 19.3 Å². The summed E-state index contributed by atoms with van der Waals surface area (Å²) in [5.74, 6) is -1.28. The van der Waals surface area contributed by atoms with Gasteiger partial charge in [0.2, 0.25) is 5.91 Å². The van der Waals surface area contributed by atoms with E-state index in [2.05, 4.69) is 27.9 Å². The van der Waals surface area contributed by atoms with Gasteiger partial charge in [-0.15, -0.1) is 0 Å². The maximum absolute atomic E-state index is 13.0. The molecule has 1 N–H and O–H groups in total. The minimum atomic E-state index is -0.572. The summed E-state index contributed by atoms with van der Waals surface area (Å²) in [4.78, 5) is 38.4. The van der Waals surface area contributed by atoms with E-state index >= 15 is 0 Å². The zero-order chi connectivity index (χ0) is 24.9. The van der Waals surface area contributed by atoms with Crippen molar-refractivity contribution in [3.05, 3.63) is 98.0 Å². The van der Waals surface area contributed by atoms with Gasteiger partial charge < -0.3 is 10.1 Å². The highest BCUT2D eigenvalue weighted by atomic mass is 127. The number of benzene rings is 3. The average molecular weight is 606 g/mol. The molecule has 3 amide bonds. The molecule has 1 heterocycles. The summed E-state index contributed by atoms with van der Waals surface area (Å²) >= 11 is 2.85. The fraction of sp³-hybridized carbons (Fsp3) is 0.0800. The molecule has 0 spiro atoms. The van der Waals surface area contributed by atoms with Crippen molar-refractivity contribution in [2.24, 2.45) is 0 Å². The zero-order valence-electron chi connectivity index (χ0n) is 18.0. The summed E-state index contributed by atoms with van der Waals surface area (Å²) < 4.78 is 32.6. The maximum Gasteiger partial charge on any atom is 0.294 e. The SMILES string of the molecule is O=C(CN1C(=O)S/C(=C\c2ccc(OCc3ccc(F)cc3)c(I)c2)C1=O)Nc1ccc(F)cc1. The van der Waals surface area contributed by atoms with Crippen molar-refractivity contribution in [1.82, 2.24) is 4.90 Å². The molecule has 3 aromatic carbocycles. The predicted molar refractivity (Wildman–Crippen MR) is 138 cm³/mol. The molecule has 0 unspecified atom stereocenters. The minimum absolute atomic E-state index is 0.195. The van der Waals surface area contributed by atoms with Gasteiger partial charge in [-0.1, -0.05) is 18.2 Å². The van der Waals surface area contributed by atoms with E-state index in [-0.39, 0.29) is 17.3 Å². The van der Waals surface area contributed by atoms with Crippen LogP contribution in [0.5, 0.6) is 5.75 Å². The number of hydrogen-bond acceptors (Lipinski definition) is 5. The minimum Gasteiger partial charge on any atom is -0.488 e. The molecule has 1 aliphatic heterocycles. The van der Waals surface area contributed by atoms with Crippen LogP contribution in [-0.4, -0.2) is 28.5 Å². The third-order valence-corrected chi connectivity index (χ3v) is 6.61. The highest BCUT2D eigenvalue weighted by molar-refractivity contribution is 14.1. The Hall–Kier alpha value is -3.25. The summed E-state index contributed by atoms with van der Waals surface area (Å²) in [7, 11) is 0. The highest BCUT2D eigenvalue weighted by Gasteiger charge is 2.36. The molecule has 0 aromatic heterocycles. The van der Waals surface area contributed by atoms with E-state index in [1.807, 2.05) is 0 Å². The molecule has 1 aliphatic rings. The van der Waals surface area contributed by atoms with E-state index < -0.39 is 29.4 Å². The fourth-order valence-electron chi connectivity index (χ4n) is 3.13. The molecule has 0 atom stereocenters. The van der Waals surface area contributed by atoms with Crippen molar-refractivity contribution < 1.29 is 27.9 Å². The second-order valence-corrected chi connectivity index (χ2v) is 9.58. The first kappa shape index (κ1) is 24.9. The number of nitrogens with zero attached hydrogens (tertiary/aromatic N) is 1. The Labute approximate surface area is 217 Å². The Bertz CT molecular complexity index is 1310. The van der Waals surface area contributed by atoms with Gasteiger partial charge in [0.15, 0.2) is 0 Å². The second kappa shape index (κ2) is 11.0. The van der Waals surface area contributed by atoms with Crippen LogP contribution in [0.25, 0.3) is 6.08 Å². The summed E-state index contributed by atoms with van der Waals surface area (Å²) in [6.45, 7) is -0.179. The van der Waals surface area contributed by atoms with Gasteiger partial charge in [-0.2, -0.15) is 0 Å². The number of carbonyl (C=O) groups is 3. The number of rotatable bonds is 7. The van der Waals surface area contributed by atoms with Crippen LogP contribution in [-0.2, 0) is 16.2 Å². The van der Waals surface area contributed by atoms with Crippen molar-refractivity contribution in [3.63, 3.8) is 0 Å². The number of amides is 3. The lowest BCUT2D eigenvalue weighted by atomic mass is 10.2. The first-order valence-electron chi connectivity index (χ1n) is 10.3. The number of nitrogens with one attached hydrogen (secondary N) is 1. The maximum atomic E-state index is 13.0. The van der Waals surface area contributed by atoms with Crippen LogP contribution < -0.4 is 10.1 Å². The lowest BCUT2D eigenvalue weighted by molar-refractivity contribution is -0.127. The highest BCUT2D eigenvalue weighted by Crippen LogP contribution is 2.33. The van der Waals surface area contributed by atoms with Crippen LogP contribution in [0, 0.1) is 15.2 Å². The molecule has 0 radical (unpaired) electrons. The van der Waals surface area contributed by atoms with Gasteiger partial charge >= 0.3 is 0 Å². The lowest BCUT2D eigenvalue weighted by Gasteiger charge is -2.12. The van der Waals surface area contributed by atoms with E-state index in [0.717, 1.165) is 25.8 Å². The third-order valence-electron chi connectivity index (χ3n) is 4.86. The zero-order valence-corrected chi connectivity index (χ0v) is 20.9. The smallest absolute Gasteiger partial charge is 0.294 e. The molecule has 4 rings (SSSR count). The normalized spacial score (nSPS) is 14.5. The van der Waals surface area contributed by atoms with Crippen LogP contribution in [0.1, 0.15) is 11.1 Å². The molecule has 1 saturated heterocycles. The molecule has 35 heavy (non-hydrogen) atoms. The molecule has 3 aromatic rings. The van der Waals surface area contributed by atoms with Crippen molar-refractivity contribution >= 4 is 63.2 Å². The van der Waals surface area contributed by atoms with Crippen molar-refractivity contribution in [2.45, 2.75) is 6.61 Å². The number of carbonyl (C=O) groups excluding carboxylic acids is 3. The number of imide groups is 1. The van der Waals surface area contributed by atoms with Gasteiger partial charge in [0.1, 0.15) is 30.5 Å². The Morgan fingerprint density at radius 2 is 1.66 bits per heavy atom. The number of ether oxygens (including phenoxy) is 1. The average Bonchev–Trinajstić information content (AvgIpc) is 3.08. The largest absolute Gasteiger partial charge is 0.488 e. The molecule has 0 saturated carbocycles. The van der Waals surface area contributed by atoms with Gasteiger partial charge in [-0.25, -0.2) is 8.78 Å². The molecule has 0 aliphatic carbocycles. The predicted octanol–water partition coefficient (Wildman–Crippen LogP) is 5.82. The first-order chi connectivity index (χ1) is 16.8. The van der Waals surface area contributed by atoms with Crippen LogP contribution in [0.2, 0.25) is 0 Å².